The standard InChI is InChI=1S/C13H23N5/c1-3-5-11-15-12(17-14)8-13(16-11)18-7-6-10(4-2)9-18/h8,10H,3-7,9,14H2,1-2H3,(H,15,16,17). The minimum absolute atomic E-state index is 0.711. The molecule has 0 saturated carbocycles. The van der Waals surface area contributed by atoms with E-state index in [9.17, 15) is 0 Å². The van der Waals surface area contributed by atoms with Gasteiger partial charge in [-0.1, -0.05) is 20.3 Å². The summed E-state index contributed by atoms with van der Waals surface area (Å²) in [6.07, 6.45) is 4.44. The zero-order valence-corrected chi connectivity index (χ0v) is 11.3. The molecule has 1 aromatic heterocycles. The van der Waals surface area contributed by atoms with E-state index < -0.39 is 0 Å². The molecular weight excluding hydrogens is 226 g/mol. The Kier molecular flexibility index (Phi) is 4.36. The molecule has 1 saturated heterocycles. The third-order valence-electron chi connectivity index (χ3n) is 3.57. The molecule has 0 spiro atoms. The summed E-state index contributed by atoms with van der Waals surface area (Å²) >= 11 is 0. The van der Waals surface area contributed by atoms with E-state index in [1.54, 1.807) is 0 Å². The quantitative estimate of drug-likeness (QED) is 0.616. The Balaban J connectivity index is 2.18. The van der Waals surface area contributed by atoms with Gasteiger partial charge in [-0.05, 0) is 18.8 Å². The first-order valence-electron chi connectivity index (χ1n) is 6.86. The molecule has 1 atom stereocenters. The highest BCUT2D eigenvalue weighted by Crippen LogP contribution is 2.25. The molecule has 0 radical (unpaired) electrons. The highest BCUT2D eigenvalue weighted by molar-refractivity contribution is 5.49. The number of aryl methyl sites for hydroxylation is 1. The van der Waals surface area contributed by atoms with Crippen LogP contribution in [0.4, 0.5) is 11.6 Å². The molecule has 3 N–H and O–H groups in total. The lowest BCUT2D eigenvalue weighted by atomic mass is 10.1. The lowest BCUT2D eigenvalue weighted by Crippen LogP contribution is -2.22. The van der Waals surface area contributed by atoms with E-state index in [-0.39, 0.29) is 0 Å². The number of hydrogen-bond donors (Lipinski definition) is 2. The van der Waals surface area contributed by atoms with Crippen molar-refractivity contribution in [1.29, 1.82) is 0 Å². The largest absolute Gasteiger partial charge is 0.356 e. The lowest BCUT2D eigenvalue weighted by molar-refractivity contribution is 0.568. The number of hydrogen-bond acceptors (Lipinski definition) is 5. The average molecular weight is 249 g/mol. The van der Waals surface area contributed by atoms with Gasteiger partial charge in [0.25, 0.3) is 0 Å². The Morgan fingerprint density at radius 3 is 2.89 bits per heavy atom. The summed E-state index contributed by atoms with van der Waals surface area (Å²) in [5.41, 5.74) is 2.64. The van der Waals surface area contributed by atoms with E-state index >= 15 is 0 Å². The van der Waals surface area contributed by atoms with Crippen molar-refractivity contribution >= 4 is 11.6 Å². The Hall–Kier alpha value is -1.36. The number of nitrogen functional groups attached to an aromatic ring is 1. The van der Waals surface area contributed by atoms with Crippen molar-refractivity contribution in [1.82, 2.24) is 9.97 Å². The Morgan fingerprint density at radius 2 is 2.28 bits per heavy atom. The fourth-order valence-corrected chi connectivity index (χ4v) is 2.43. The number of aromatic nitrogens is 2. The molecule has 0 bridgehead atoms. The SMILES string of the molecule is CCCc1nc(NN)cc(N2CCC(CC)C2)n1. The number of rotatable bonds is 5. The molecular formula is C13H23N5. The second-order valence-corrected chi connectivity index (χ2v) is 4.93. The molecule has 2 heterocycles. The van der Waals surface area contributed by atoms with Gasteiger partial charge in [0.15, 0.2) is 0 Å². The molecule has 1 aliphatic rings. The second-order valence-electron chi connectivity index (χ2n) is 4.93. The fraction of sp³-hybridized carbons (Fsp3) is 0.692. The van der Waals surface area contributed by atoms with Crippen molar-refractivity contribution < 1.29 is 0 Å². The van der Waals surface area contributed by atoms with Crippen molar-refractivity contribution in [2.24, 2.45) is 11.8 Å². The summed E-state index contributed by atoms with van der Waals surface area (Å²) in [4.78, 5) is 11.4. The van der Waals surface area contributed by atoms with Crippen LogP contribution in [0.2, 0.25) is 0 Å². The van der Waals surface area contributed by atoms with Crippen LogP contribution < -0.4 is 16.2 Å². The van der Waals surface area contributed by atoms with Crippen LogP contribution in [0, 0.1) is 5.92 Å². The molecule has 5 heteroatoms. The topological polar surface area (TPSA) is 67.1 Å². The third kappa shape index (κ3) is 2.90. The van der Waals surface area contributed by atoms with Gasteiger partial charge < -0.3 is 10.3 Å². The van der Waals surface area contributed by atoms with Gasteiger partial charge in [0.05, 0.1) is 0 Å². The maximum absolute atomic E-state index is 5.48. The molecule has 1 aromatic rings. The first-order valence-corrected chi connectivity index (χ1v) is 6.86. The fourth-order valence-electron chi connectivity index (χ4n) is 2.43. The number of nitrogens with two attached hydrogens (primary N) is 1. The molecule has 5 nitrogen and oxygen atoms in total. The normalized spacial score (nSPS) is 19.3. The summed E-state index contributed by atoms with van der Waals surface area (Å²) < 4.78 is 0. The molecule has 1 aliphatic heterocycles. The van der Waals surface area contributed by atoms with E-state index in [1.807, 2.05) is 6.07 Å². The van der Waals surface area contributed by atoms with Crippen LogP contribution in [0.3, 0.4) is 0 Å². The van der Waals surface area contributed by atoms with Gasteiger partial charge in [0, 0.05) is 25.6 Å². The van der Waals surface area contributed by atoms with Crippen LogP contribution in [0.15, 0.2) is 6.07 Å². The molecule has 0 aromatic carbocycles. The van der Waals surface area contributed by atoms with E-state index in [0.29, 0.717) is 5.82 Å². The molecule has 0 amide bonds. The zero-order valence-electron chi connectivity index (χ0n) is 11.3. The minimum Gasteiger partial charge on any atom is -0.356 e. The predicted octanol–water partition coefficient (Wildman–Crippen LogP) is 1.95. The van der Waals surface area contributed by atoms with Gasteiger partial charge in [0.2, 0.25) is 0 Å². The highest BCUT2D eigenvalue weighted by atomic mass is 15.3. The van der Waals surface area contributed by atoms with Crippen molar-refractivity contribution in [2.75, 3.05) is 23.4 Å². The first-order chi connectivity index (χ1) is 8.76. The van der Waals surface area contributed by atoms with Crippen molar-refractivity contribution in [3.05, 3.63) is 11.9 Å². The Bertz CT molecular complexity index is 393. The first kappa shape index (κ1) is 13.1. The van der Waals surface area contributed by atoms with Crippen molar-refractivity contribution in [3.8, 4) is 0 Å². The van der Waals surface area contributed by atoms with Crippen LogP contribution in [0.5, 0.6) is 0 Å². The summed E-state index contributed by atoms with van der Waals surface area (Å²) in [5, 5.41) is 0. The lowest BCUT2D eigenvalue weighted by Gasteiger charge is -2.18. The number of anilines is 2. The number of nitrogens with one attached hydrogen (secondary N) is 1. The zero-order chi connectivity index (χ0) is 13.0. The summed E-state index contributed by atoms with van der Waals surface area (Å²) in [6, 6.07) is 1.94. The van der Waals surface area contributed by atoms with Gasteiger partial charge in [-0.15, -0.1) is 0 Å². The van der Waals surface area contributed by atoms with E-state index in [1.165, 1.54) is 12.8 Å². The van der Waals surface area contributed by atoms with E-state index in [2.05, 4.69) is 34.1 Å². The molecule has 1 fully saturated rings. The molecule has 18 heavy (non-hydrogen) atoms. The minimum atomic E-state index is 0.711. The summed E-state index contributed by atoms with van der Waals surface area (Å²) in [6.45, 7) is 6.58. The van der Waals surface area contributed by atoms with Crippen LogP contribution in [0.1, 0.15) is 38.9 Å². The van der Waals surface area contributed by atoms with Gasteiger partial charge >= 0.3 is 0 Å². The molecule has 2 rings (SSSR count). The predicted molar refractivity (Wildman–Crippen MR) is 74.4 cm³/mol. The van der Waals surface area contributed by atoms with Crippen molar-refractivity contribution in [3.63, 3.8) is 0 Å². The summed E-state index contributed by atoms with van der Waals surface area (Å²) in [5.74, 6) is 8.87. The van der Waals surface area contributed by atoms with Gasteiger partial charge in [-0.3, -0.25) is 0 Å². The van der Waals surface area contributed by atoms with Crippen LogP contribution in [-0.2, 0) is 6.42 Å². The number of hydrazine groups is 1. The maximum Gasteiger partial charge on any atom is 0.145 e. The van der Waals surface area contributed by atoms with Crippen molar-refractivity contribution in [2.45, 2.75) is 39.5 Å². The molecule has 0 aliphatic carbocycles. The molecule has 1 unspecified atom stereocenters. The van der Waals surface area contributed by atoms with Gasteiger partial charge in [-0.2, -0.15) is 0 Å². The maximum atomic E-state index is 5.48. The van der Waals surface area contributed by atoms with Gasteiger partial charge in [-0.25, -0.2) is 15.8 Å². The van der Waals surface area contributed by atoms with Crippen LogP contribution >= 0.6 is 0 Å². The summed E-state index contributed by atoms with van der Waals surface area (Å²) in [7, 11) is 0. The van der Waals surface area contributed by atoms with Crippen LogP contribution in [0.25, 0.3) is 0 Å². The Morgan fingerprint density at radius 1 is 1.44 bits per heavy atom. The monoisotopic (exact) mass is 249 g/mol. The smallest absolute Gasteiger partial charge is 0.145 e. The average Bonchev–Trinajstić information content (AvgIpc) is 2.87. The van der Waals surface area contributed by atoms with E-state index in [4.69, 9.17) is 5.84 Å². The van der Waals surface area contributed by atoms with Crippen LogP contribution in [-0.4, -0.2) is 23.1 Å². The van der Waals surface area contributed by atoms with E-state index in [0.717, 1.165) is 43.5 Å². The third-order valence-corrected chi connectivity index (χ3v) is 3.57. The Labute approximate surface area is 109 Å². The highest BCUT2D eigenvalue weighted by Gasteiger charge is 2.22. The number of nitrogens with zero attached hydrogens (tertiary/aromatic N) is 3. The second kappa shape index (κ2) is 6.00. The van der Waals surface area contributed by atoms with Gasteiger partial charge in [0.1, 0.15) is 17.5 Å². The molecule has 100 valence electrons.